The summed E-state index contributed by atoms with van der Waals surface area (Å²) < 4.78 is 11.2. The van der Waals surface area contributed by atoms with Crippen LogP contribution in [0.5, 0.6) is 5.75 Å². The Morgan fingerprint density at radius 2 is 1.85 bits per heavy atom. The Morgan fingerprint density at radius 3 is 2.63 bits per heavy atom. The third-order valence-corrected chi connectivity index (χ3v) is 4.67. The van der Waals surface area contributed by atoms with Crippen LogP contribution in [0.3, 0.4) is 0 Å². The molecule has 0 spiro atoms. The number of aryl methyl sites for hydroxylation is 2. The number of ether oxygens (including phenoxy) is 1. The van der Waals surface area contributed by atoms with Crippen molar-refractivity contribution in [3.05, 3.63) is 82.2 Å². The van der Waals surface area contributed by atoms with E-state index < -0.39 is 0 Å². The van der Waals surface area contributed by atoms with Crippen LogP contribution in [0.15, 0.2) is 53.1 Å². The predicted octanol–water partition coefficient (Wildman–Crippen LogP) is 4.15. The summed E-state index contributed by atoms with van der Waals surface area (Å²) in [6, 6.07) is 15.9. The average molecular weight is 364 g/mol. The molecule has 0 saturated heterocycles. The van der Waals surface area contributed by atoms with Gasteiger partial charge in [-0.15, -0.1) is 0 Å². The maximum Gasteiger partial charge on any atom is 0.273 e. The first kappa shape index (κ1) is 18.7. The molecule has 3 aromatic rings. The van der Waals surface area contributed by atoms with Crippen molar-refractivity contribution < 1.29 is 14.1 Å². The van der Waals surface area contributed by atoms with Crippen molar-refractivity contribution >= 4 is 5.91 Å². The van der Waals surface area contributed by atoms with Gasteiger partial charge in [0.2, 0.25) is 0 Å². The van der Waals surface area contributed by atoms with Crippen molar-refractivity contribution in [3.8, 4) is 5.75 Å². The van der Waals surface area contributed by atoms with Gasteiger partial charge in [-0.05, 0) is 49.9 Å². The summed E-state index contributed by atoms with van der Waals surface area (Å²) in [6.07, 6.45) is 0.762. The lowest BCUT2D eigenvalue weighted by molar-refractivity contribution is 0.0943. The summed E-state index contributed by atoms with van der Waals surface area (Å²) in [5, 5.41) is 6.83. The third kappa shape index (κ3) is 4.56. The van der Waals surface area contributed by atoms with Crippen molar-refractivity contribution in [2.24, 2.45) is 0 Å². The molecule has 1 N–H and O–H groups in total. The first-order valence-electron chi connectivity index (χ1n) is 9.02. The fraction of sp³-hybridized carbons (Fsp3) is 0.273. The molecular weight excluding hydrogens is 340 g/mol. The van der Waals surface area contributed by atoms with Crippen LogP contribution in [0.25, 0.3) is 0 Å². The van der Waals surface area contributed by atoms with E-state index in [-0.39, 0.29) is 18.2 Å². The molecule has 0 fully saturated rings. The first-order chi connectivity index (χ1) is 13.1. The number of hydrogen-bond donors (Lipinski definition) is 1. The highest BCUT2D eigenvalue weighted by Crippen LogP contribution is 2.23. The van der Waals surface area contributed by atoms with Crippen LogP contribution in [0.2, 0.25) is 0 Å². The van der Waals surface area contributed by atoms with Gasteiger partial charge in [0.05, 0.1) is 5.56 Å². The topological polar surface area (TPSA) is 64.4 Å². The summed E-state index contributed by atoms with van der Waals surface area (Å²) in [5.41, 5.74) is 4.38. The van der Waals surface area contributed by atoms with E-state index in [1.165, 1.54) is 5.56 Å². The molecule has 0 bridgehead atoms. The van der Waals surface area contributed by atoms with E-state index in [0.29, 0.717) is 17.9 Å². The van der Waals surface area contributed by atoms with Crippen molar-refractivity contribution in [1.29, 1.82) is 0 Å². The molecule has 0 aliphatic carbocycles. The number of hydrogen-bond acceptors (Lipinski definition) is 4. The molecule has 3 rings (SSSR count). The van der Waals surface area contributed by atoms with Crippen LogP contribution in [0, 0.1) is 20.8 Å². The molecule has 0 atom stereocenters. The summed E-state index contributed by atoms with van der Waals surface area (Å²) in [4.78, 5) is 12.5. The average Bonchev–Trinajstić information content (AvgIpc) is 3.04. The zero-order valence-electron chi connectivity index (χ0n) is 15.9. The first-order valence-corrected chi connectivity index (χ1v) is 9.02. The molecule has 1 amide bonds. The minimum atomic E-state index is -0.248. The van der Waals surface area contributed by atoms with E-state index in [9.17, 15) is 4.79 Å². The number of carbonyl (C=O) groups is 1. The Bertz CT molecular complexity index is 917. The number of amides is 1. The fourth-order valence-corrected chi connectivity index (χ4v) is 2.82. The molecule has 5 heteroatoms. The zero-order valence-corrected chi connectivity index (χ0v) is 15.9. The van der Waals surface area contributed by atoms with E-state index in [1.807, 2.05) is 62.4 Å². The Balaban J connectivity index is 1.63. The number of benzene rings is 2. The summed E-state index contributed by atoms with van der Waals surface area (Å²) >= 11 is 0. The maximum absolute atomic E-state index is 12.5. The van der Waals surface area contributed by atoms with Gasteiger partial charge in [-0.25, -0.2) is 0 Å². The molecular formula is C22H24N2O3. The van der Waals surface area contributed by atoms with Gasteiger partial charge >= 0.3 is 0 Å². The van der Waals surface area contributed by atoms with E-state index in [1.54, 1.807) is 6.92 Å². The van der Waals surface area contributed by atoms with Gasteiger partial charge in [0.1, 0.15) is 18.1 Å². The van der Waals surface area contributed by atoms with Crippen LogP contribution in [0.4, 0.5) is 0 Å². The SMILES string of the molecule is Cc1cccc(OCc2c(C(=O)NCCc3ccccc3)noc2C)c1C. The second kappa shape index (κ2) is 8.54. The maximum atomic E-state index is 12.5. The highest BCUT2D eigenvalue weighted by molar-refractivity contribution is 5.93. The number of nitrogens with one attached hydrogen (secondary N) is 1. The molecule has 0 aliphatic heterocycles. The largest absolute Gasteiger partial charge is 0.488 e. The Labute approximate surface area is 159 Å². The Kier molecular flexibility index (Phi) is 5.91. The molecule has 27 heavy (non-hydrogen) atoms. The number of rotatable bonds is 7. The molecule has 2 aromatic carbocycles. The van der Waals surface area contributed by atoms with Gasteiger partial charge < -0.3 is 14.6 Å². The van der Waals surface area contributed by atoms with Crippen molar-refractivity contribution in [2.45, 2.75) is 33.8 Å². The van der Waals surface area contributed by atoms with Crippen molar-refractivity contribution in [2.75, 3.05) is 6.54 Å². The predicted molar refractivity (Wildman–Crippen MR) is 104 cm³/mol. The number of carbonyl (C=O) groups excluding carboxylic acids is 1. The second-order valence-corrected chi connectivity index (χ2v) is 6.54. The molecule has 0 aliphatic rings. The van der Waals surface area contributed by atoms with Gasteiger partial charge in [0.25, 0.3) is 5.91 Å². The molecule has 0 radical (unpaired) electrons. The van der Waals surface area contributed by atoms with E-state index in [4.69, 9.17) is 9.26 Å². The Morgan fingerprint density at radius 1 is 1.07 bits per heavy atom. The van der Waals surface area contributed by atoms with Crippen molar-refractivity contribution in [1.82, 2.24) is 10.5 Å². The lowest BCUT2D eigenvalue weighted by Crippen LogP contribution is -2.27. The quantitative estimate of drug-likeness (QED) is 0.684. The molecule has 5 nitrogen and oxygen atoms in total. The summed E-state index contributed by atoms with van der Waals surface area (Å²) in [7, 11) is 0. The van der Waals surface area contributed by atoms with Crippen LogP contribution in [0.1, 0.15) is 38.5 Å². The highest BCUT2D eigenvalue weighted by Gasteiger charge is 2.20. The molecule has 0 saturated carbocycles. The normalized spacial score (nSPS) is 10.6. The van der Waals surface area contributed by atoms with Crippen LogP contribution in [-0.2, 0) is 13.0 Å². The summed E-state index contributed by atoms with van der Waals surface area (Å²) in [5.74, 6) is 1.14. The number of nitrogens with zero attached hydrogens (tertiary/aromatic N) is 1. The van der Waals surface area contributed by atoms with Crippen LogP contribution < -0.4 is 10.1 Å². The van der Waals surface area contributed by atoms with E-state index in [2.05, 4.69) is 10.5 Å². The lowest BCUT2D eigenvalue weighted by atomic mass is 10.1. The zero-order chi connectivity index (χ0) is 19.2. The minimum absolute atomic E-state index is 0.237. The lowest BCUT2D eigenvalue weighted by Gasteiger charge is -2.11. The molecule has 140 valence electrons. The van der Waals surface area contributed by atoms with Gasteiger partial charge in [-0.3, -0.25) is 4.79 Å². The van der Waals surface area contributed by atoms with Crippen molar-refractivity contribution in [3.63, 3.8) is 0 Å². The second-order valence-electron chi connectivity index (χ2n) is 6.54. The number of aromatic nitrogens is 1. The Hall–Kier alpha value is -3.08. The van der Waals surface area contributed by atoms with Gasteiger partial charge in [-0.1, -0.05) is 47.6 Å². The van der Waals surface area contributed by atoms with E-state index >= 15 is 0 Å². The van der Waals surface area contributed by atoms with Gasteiger partial charge in [0, 0.05) is 6.54 Å². The highest BCUT2D eigenvalue weighted by atomic mass is 16.5. The van der Waals surface area contributed by atoms with Gasteiger partial charge in [0.15, 0.2) is 5.69 Å². The summed E-state index contributed by atoms with van der Waals surface area (Å²) in [6.45, 7) is 6.61. The minimum Gasteiger partial charge on any atom is -0.488 e. The fourth-order valence-electron chi connectivity index (χ4n) is 2.82. The monoisotopic (exact) mass is 364 g/mol. The standard InChI is InChI=1S/C22H24N2O3/c1-15-8-7-11-20(16(15)2)26-14-19-17(3)27-24-21(19)22(25)23-13-12-18-9-5-4-6-10-18/h4-11H,12-14H2,1-3H3,(H,23,25). The molecule has 1 aromatic heterocycles. The van der Waals surface area contributed by atoms with Crippen LogP contribution >= 0.6 is 0 Å². The van der Waals surface area contributed by atoms with E-state index in [0.717, 1.165) is 23.3 Å². The third-order valence-electron chi connectivity index (χ3n) is 4.67. The smallest absolute Gasteiger partial charge is 0.273 e. The molecule has 1 heterocycles. The van der Waals surface area contributed by atoms with Crippen LogP contribution in [-0.4, -0.2) is 17.6 Å². The van der Waals surface area contributed by atoms with Gasteiger partial charge in [-0.2, -0.15) is 0 Å². The molecule has 0 unspecified atom stereocenters.